The molecule has 1 unspecified atom stereocenters. The third-order valence-corrected chi connectivity index (χ3v) is 8.47. The van der Waals surface area contributed by atoms with E-state index in [2.05, 4.69) is 107 Å². The number of benzene rings is 3. The van der Waals surface area contributed by atoms with Gasteiger partial charge in [0, 0.05) is 37.4 Å². The molecule has 1 atom stereocenters. The fourth-order valence-electron chi connectivity index (χ4n) is 6.27. The molecule has 1 aromatic heterocycles. The summed E-state index contributed by atoms with van der Waals surface area (Å²) in [5.74, 6) is 2.40. The SMILES string of the molecule is C=C1CN(Cc2ccccc2)CC/C1=C(/C(C)CC)N1CCOc2ccc(-c3ccc4nc(C)[nH]c4c3)cc2C1. The van der Waals surface area contributed by atoms with Crippen molar-refractivity contribution in [3.63, 3.8) is 0 Å². The molecular formula is C35H40N4O. The summed E-state index contributed by atoms with van der Waals surface area (Å²) in [5.41, 5.74) is 11.3. The van der Waals surface area contributed by atoms with E-state index < -0.39 is 0 Å². The van der Waals surface area contributed by atoms with Crippen LogP contribution in [-0.2, 0) is 13.1 Å². The van der Waals surface area contributed by atoms with Gasteiger partial charge in [0.2, 0.25) is 0 Å². The second-order valence-electron chi connectivity index (χ2n) is 11.4. The minimum Gasteiger partial charge on any atom is -0.491 e. The number of imidazole rings is 1. The first-order valence-electron chi connectivity index (χ1n) is 14.6. The number of fused-ring (bicyclic) bond motifs is 2. The van der Waals surface area contributed by atoms with Crippen LogP contribution in [0, 0.1) is 12.8 Å². The minimum absolute atomic E-state index is 0.461. The molecule has 5 heteroatoms. The van der Waals surface area contributed by atoms with E-state index in [4.69, 9.17) is 4.74 Å². The lowest BCUT2D eigenvalue weighted by molar-refractivity contribution is 0.237. The molecule has 0 amide bonds. The Labute approximate surface area is 238 Å². The fourth-order valence-corrected chi connectivity index (χ4v) is 6.27. The quantitative estimate of drug-likeness (QED) is 0.279. The smallest absolute Gasteiger partial charge is 0.124 e. The lowest BCUT2D eigenvalue weighted by Gasteiger charge is -2.37. The van der Waals surface area contributed by atoms with Gasteiger partial charge in [-0.2, -0.15) is 0 Å². The summed E-state index contributed by atoms with van der Waals surface area (Å²) >= 11 is 0. The van der Waals surface area contributed by atoms with Crippen LogP contribution in [0.25, 0.3) is 22.2 Å². The number of hydrogen-bond donors (Lipinski definition) is 1. The van der Waals surface area contributed by atoms with Crippen molar-refractivity contribution in [3.8, 4) is 16.9 Å². The molecule has 0 spiro atoms. The number of aryl methyl sites for hydroxylation is 1. The zero-order chi connectivity index (χ0) is 27.6. The number of nitrogens with one attached hydrogen (secondary N) is 1. The molecular weight excluding hydrogens is 492 g/mol. The van der Waals surface area contributed by atoms with E-state index in [1.54, 1.807) is 0 Å². The normalized spacial score (nSPS) is 18.3. The monoisotopic (exact) mass is 532 g/mol. The summed E-state index contributed by atoms with van der Waals surface area (Å²) < 4.78 is 6.29. The van der Waals surface area contributed by atoms with Crippen molar-refractivity contribution in [1.29, 1.82) is 0 Å². The van der Waals surface area contributed by atoms with Crippen molar-refractivity contribution in [2.24, 2.45) is 5.92 Å². The Balaban J connectivity index is 1.28. The number of hydrogen-bond acceptors (Lipinski definition) is 4. The molecule has 2 aliphatic heterocycles. The van der Waals surface area contributed by atoms with Crippen LogP contribution in [0.2, 0.25) is 0 Å². The average molecular weight is 533 g/mol. The Morgan fingerprint density at radius 1 is 1.02 bits per heavy atom. The lowest BCUT2D eigenvalue weighted by atomic mass is 9.89. The Morgan fingerprint density at radius 2 is 1.82 bits per heavy atom. The highest BCUT2D eigenvalue weighted by atomic mass is 16.5. The van der Waals surface area contributed by atoms with E-state index >= 15 is 0 Å². The number of nitrogens with zero attached hydrogens (tertiary/aromatic N) is 3. The minimum atomic E-state index is 0.461. The summed E-state index contributed by atoms with van der Waals surface area (Å²) in [6.45, 7) is 16.6. The maximum Gasteiger partial charge on any atom is 0.124 e. The lowest BCUT2D eigenvalue weighted by Crippen LogP contribution is -2.35. The van der Waals surface area contributed by atoms with Crippen LogP contribution in [0.5, 0.6) is 5.75 Å². The number of rotatable bonds is 6. The molecule has 0 bridgehead atoms. The van der Waals surface area contributed by atoms with E-state index in [9.17, 15) is 0 Å². The molecule has 2 aliphatic rings. The molecule has 1 N–H and O–H groups in total. The third-order valence-electron chi connectivity index (χ3n) is 8.47. The highest BCUT2D eigenvalue weighted by Gasteiger charge is 2.27. The second kappa shape index (κ2) is 11.3. The number of aromatic amines is 1. The molecule has 6 rings (SSSR count). The number of H-pyrrole nitrogens is 1. The topological polar surface area (TPSA) is 44.4 Å². The van der Waals surface area contributed by atoms with E-state index in [0.717, 1.165) is 68.2 Å². The van der Waals surface area contributed by atoms with Gasteiger partial charge in [-0.25, -0.2) is 4.98 Å². The third kappa shape index (κ3) is 5.44. The van der Waals surface area contributed by atoms with Crippen molar-refractivity contribution in [1.82, 2.24) is 19.8 Å². The molecule has 40 heavy (non-hydrogen) atoms. The standard InChI is InChI=1S/C35H40N4O/c1-5-24(2)35(31-15-16-38(21-25(31)3)22-27-9-7-6-8-10-27)39-17-18-40-34-14-12-28(19-30(34)23-39)29-11-13-32-33(20-29)37-26(4)36-32/h6-14,19-20,24H,3,5,15-18,21-23H2,1-2,4H3,(H,36,37)/b35-31+. The molecule has 3 heterocycles. The molecule has 1 saturated heterocycles. The number of ether oxygens (including phenoxy) is 1. The zero-order valence-corrected chi connectivity index (χ0v) is 24.0. The highest BCUT2D eigenvalue weighted by molar-refractivity contribution is 5.82. The number of allylic oxidation sites excluding steroid dienone is 1. The Bertz CT molecular complexity index is 1550. The van der Waals surface area contributed by atoms with Gasteiger partial charge in [0.05, 0.1) is 17.6 Å². The maximum absolute atomic E-state index is 6.29. The first-order valence-corrected chi connectivity index (χ1v) is 14.6. The molecule has 4 aromatic rings. The van der Waals surface area contributed by atoms with Gasteiger partial charge in [0.1, 0.15) is 18.2 Å². The molecule has 206 valence electrons. The summed E-state index contributed by atoms with van der Waals surface area (Å²) in [6.07, 6.45) is 2.15. The first-order chi connectivity index (χ1) is 19.5. The molecule has 1 fully saturated rings. The Hall–Kier alpha value is -3.83. The predicted molar refractivity (Wildman–Crippen MR) is 164 cm³/mol. The molecule has 0 aliphatic carbocycles. The Morgan fingerprint density at radius 3 is 2.62 bits per heavy atom. The van der Waals surface area contributed by atoms with Crippen molar-refractivity contribution < 1.29 is 4.74 Å². The van der Waals surface area contributed by atoms with Gasteiger partial charge in [-0.1, -0.05) is 62.9 Å². The van der Waals surface area contributed by atoms with Gasteiger partial charge in [0.15, 0.2) is 0 Å². The van der Waals surface area contributed by atoms with Gasteiger partial charge in [-0.05, 0) is 77.8 Å². The molecule has 0 radical (unpaired) electrons. The number of piperidine rings is 1. The summed E-state index contributed by atoms with van der Waals surface area (Å²) in [4.78, 5) is 13.1. The van der Waals surface area contributed by atoms with Crippen molar-refractivity contribution >= 4 is 11.0 Å². The summed E-state index contributed by atoms with van der Waals surface area (Å²) in [7, 11) is 0. The van der Waals surface area contributed by atoms with Gasteiger partial charge < -0.3 is 14.6 Å². The van der Waals surface area contributed by atoms with Crippen molar-refractivity contribution in [2.45, 2.75) is 46.7 Å². The summed E-state index contributed by atoms with van der Waals surface area (Å²) in [5, 5.41) is 0. The predicted octanol–water partition coefficient (Wildman–Crippen LogP) is 7.50. The van der Waals surface area contributed by atoms with E-state index in [1.165, 1.54) is 39.1 Å². The van der Waals surface area contributed by atoms with Crippen LogP contribution >= 0.6 is 0 Å². The van der Waals surface area contributed by atoms with Crippen LogP contribution < -0.4 is 4.74 Å². The van der Waals surface area contributed by atoms with Crippen LogP contribution in [0.15, 0.2) is 90.2 Å². The van der Waals surface area contributed by atoms with Gasteiger partial charge in [-0.3, -0.25) is 4.90 Å². The van der Waals surface area contributed by atoms with Crippen LogP contribution in [-0.4, -0.2) is 46.0 Å². The molecule has 0 saturated carbocycles. The van der Waals surface area contributed by atoms with Crippen molar-refractivity contribution in [3.05, 3.63) is 107 Å². The Kier molecular flexibility index (Phi) is 7.48. The average Bonchev–Trinajstić information content (AvgIpc) is 3.21. The first kappa shape index (κ1) is 26.4. The van der Waals surface area contributed by atoms with E-state index in [1.807, 2.05) is 6.92 Å². The van der Waals surface area contributed by atoms with Crippen LogP contribution in [0.1, 0.15) is 43.6 Å². The van der Waals surface area contributed by atoms with E-state index in [-0.39, 0.29) is 0 Å². The molecule has 5 nitrogen and oxygen atoms in total. The van der Waals surface area contributed by atoms with E-state index in [0.29, 0.717) is 12.5 Å². The molecule has 3 aromatic carbocycles. The van der Waals surface area contributed by atoms with Gasteiger partial charge in [-0.15, -0.1) is 0 Å². The van der Waals surface area contributed by atoms with Crippen LogP contribution in [0.3, 0.4) is 0 Å². The van der Waals surface area contributed by atoms with Crippen LogP contribution in [0.4, 0.5) is 0 Å². The number of aromatic nitrogens is 2. The van der Waals surface area contributed by atoms with Crippen molar-refractivity contribution in [2.75, 3.05) is 26.2 Å². The zero-order valence-electron chi connectivity index (χ0n) is 24.0. The number of likely N-dealkylation sites (tertiary alicyclic amines) is 1. The maximum atomic E-state index is 6.29. The second-order valence-corrected chi connectivity index (χ2v) is 11.4. The van der Waals surface area contributed by atoms with Gasteiger partial charge in [0.25, 0.3) is 0 Å². The van der Waals surface area contributed by atoms with Gasteiger partial charge >= 0.3 is 0 Å². The highest BCUT2D eigenvalue weighted by Crippen LogP contribution is 2.36. The largest absolute Gasteiger partial charge is 0.491 e. The summed E-state index contributed by atoms with van der Waals surface area (Å²) in [6, 6.07) is 23.9. The fraction of sp³-hybridized carbons (Fsp3) is 0.343.